The summed E-state index contributed by atoms with van der Waals surface area (Å²) in [5.74, 6) is 0.999. The third-order valence-corrected chi connectivity index (χ3v) is 3.18. The summed E-state index contributed by atoms with van der Waals surface area (Å²) in [6.07, 6.45) is 9.58. The van der Waals surface area contributed by atoms with Crippen LogP contribution in [0.5, 0.6) is 0 Å². The Bertz CT molecular complexity index is 134. The molecule has 0 aliphatic heterocycles. The zero-order chi connectivity index (χ0) is 10.2. The van der Waals surface area contributed by atoms with E-state index in [0.29, 0.717) is 0 Å². The standard InChI is InChI=1S/C12H25NO/c1-13-12(11-8-9-11)7-5-3-4-6-10-14-2/h11-13H,3-10H2,1-2H3. The predicted octanol–water partition coefficient (Wildman–Crippen LogP) is 2.58. The minimum absolute atomic E-state index is 0.803. The van der Waals surface area contributed by atoms with Gasteiger partial charge in [0.1, 0.15) is 0 Å². The van der Waals surface area contributed by atoms with Gasteiger partial charge in [-0.2, -0.15) is 0 Å². The second-order valence-electron chi connectivity index (χ2n) is 4.43. The molecule has 1 atom stereocenters. The zero-order valence-corrected chi connectivity index (χ0v) is 9.72. The second-order valence-corrected chi connectivity index (χ2v) is 4.43. The van der Waals surface area contributed by atoms with Crippen LogP contribution in [0, 0.1) is 5.92 Å². The van der Waals surface area contributed by atoms with Crippen LogP contribution in [0.4, 0.5) is 0 Å². The quantitative estimate of drug-likeness (QED) is 0.576. The van der Waals surface area contributed by atoms with E-state index in [2.05, 4.69) is 12.4 Å². The number of methoxy groups -OCH3 is 1. The van der Waals surface area contributed by atoms with Gasteiger partial charge in [0.15, 0.2) is 0 Å². The largest absolute Gasteiger partial charge is 0.385 e. The van der Waals surface area contributed by atoms with Gasteiger partial charge in [0.25, 0.3) is 0 Å². The van der Waals surface area contributed by atoms with Crippen molar-refractivity contribution in [1.82, 2.24) is 5.32 Å². The number of unbranched alkanes of at least 4 members (excludes halogenated alkanes) is 3. The van der Waals surface area contributed by atoms with Crippen LogP contribution in [0.2, 0.25) is 0 Å². The van der Waals surface area contributed by atoms with Crippen LogP contribution in [0.15, 0.2) is 0 Å². The Morgan fingerprint density at radius 3 is 2.50 bits per heavy atom. The molecule has 0 amide bonds. The third-order valence-electron chi connectivity index (χ3n) is 3.18. The van der Waals surface area contributed by atoms with Crippen molar-refractivity contribution >= 4 is 0 Å². The summed E-state index contributed by atoms with van der Waals surface area (Å²) >= 11 is 0. The molecule has 1 aliphatic rings. The van der Waals surface area contributed by atoms with Gasteiger partial charge in [-0.25, -0.2) is 0 Å². The molecule has 1 unspecified atom stereocenters. The lowest BCUT2D eigenvalue weighted by atomic mass is 10.0. The van der Waals surface area contributed by atoms with Crippen molar-refractivity contribution in [2.45, 2.75) is 51.0 Å². The van der Waals surface area contributed by atoms with E-state index in [1.807, 2.05) is 0 Å². The van der Waals surface area contributed by atoms with Gasteiger partial charge in [-0.15, -0.1) is 0 Å². The minimum atomic E-state index is 0.803. The highest BCUT2D eigenvalue weighted by molar-refractivity contribution is 4.85. The second kappa shape index (κ2) is 7.24. The molecule has 0 aromatic rings. The molecule has 84 valence electrons. The summed E-state index contributed by atoms with van der Waals surface area (Å²) in [7, 11) is 3.89. The summed E-state index contributed by atoms with van der Waals surface area (Å²) < 4.78 is 5.03. The van der Waals surface area contributed by atoms with Gasteiger partial charge in [-0.1, -0.05) is 19.3 Å². The van der Waals surface area contributed by atoms with Gasteiger partial charge in [0.05, 0.1) is 0 Å². The molecule has 2 heteroatoms. The molecule has 2 nitrogen and oxygen atoms in total. The van der Waals surface area contributed by atoms with E-state index in [-0.39, 0.29) is 0 Å². The molecule has 1 aliphatic carbocycles. The van der Waals surface area contributed by atoms with Crippen LogP contribution in [0.3, 0.4) is 0 Å². The van der Waals surface area contributed by atoms with E-state index in [1.54, 1.807) is 7.11 Å². The van der Waals surface area contributed by atoms with Gasteiger partial charge in [0.2, 0.25) is 0 Å². The molecule has 0 aromatic heterocycles. The van der Waals surface area contributed by atoms with Crippen LogP contribution in [-0.2, 0) is 4.74 Å². The van der Waals surface area contributed by atoms with Gasteiger partial charge < -0.3 is 10.1 Å². The third kappa shape index (κ3) is 4.97. The van der Waals surface area contributed by atoms with E-state index in [0.717, 1.165) is 18.6 Å². The maximum atomic E-state index is 5.03. The molecule has 1 N–H and O–H groups in total. The number of rotatable bonds is 9. The normalized spacial score (nSPS) is 18.4. The van der Waals surface area contributed by atoms with Crippen molar-refractivity contribution < 1.29 is 4.74 Å². The average Bonchev–Trinajstić information content (AvgIpc) is 3.01. The first-order chi connectivity index (χ1) is 6.88. The molecule has 0 aromatic carbocycles. The van der Waals surface area contributed by atoms with Crippen molar-refractivity contribution in [3.8, 4) is 0 Å². The van der Waals surface area contributed by atoms with Crippen molar-refractivity contribution in [2.75, 3.05) is 20.8 Å². The summed E-state index contributed by atoms with van der Waals surface area (Å²) in [6, 6.07) is 0.803. The van der Waals surface area contributed by atoms with Crippen LogP contribution in [0.25, 0.3) is 0 Å². The van der Waals surface area contributed by atoms with Gasteiger partial charge in [0, 0.05) is 19.8 Å². The summed E-state index contributed by atoms with van der Waals surface area (Å²) in [4.78, 5) is 0. The fraction of sp³-hybridized carbons (Fsp3) is 1.00. The van der Waals surface area contributed by atoms with E-state index in [9.17, 15) is 0 Å². The summed E-state index contributed by atoms with van der Waals surface area (Å²) in [5.41, 5.74) is 0. The lowest BCUT2D eigenvalue weighted by Crippen LogP contribution is -2.27. The van der Waals surface area contributed by atoms with Gasteiger partial charge in [-0.3, -0.25) is 0 Å². The first-order valence-electron chi connectivity index (χ1n) is 6.04. The smallest absolute Gasteiger partial charge is 0.0462 e. The molecular weight excluding hydrogens is 174 g/mol. The first kappa shape index (κ1) is 12.0. The monoisotopic (exact) mass is 199 g/mol. The Morgan fingerprint density at radius 2 is 1.93 bits per heavy atom. The number of hydrogen-bond donors (Lipinski definition) is 1. The maximum Gasteiger partial charge on any atom is 0.0462 e. The molecule has 0 bridgehead atoms. The number of hydrogen-bond acceptors (Lipinski definition) is 2. The van der Waals surface area contributed by atoms with Crippen molar-refractivity contribution in [3.63, 3.8) is 0 Å². The van der Waals surface area contributed by atoms with Crippen LogP contribution in [-0.4, -0.2) is 26.8 Å². The summed E-state index contributed by atoms with van der Waals surface area (Å²) in [6.45, 7) is 0.929. The van der Waals surface area contributed by atoms with Crippen LogP contribution >= 0.6 is 0 Å². The lowest BCUT2D eigenvalue weighted by molar-refractivity contribution is 0.191. The van der Waals surface area contributed by atoms with Gasteiger partial charge >= 0.3 is 0 Å². The highest BCUT2D eigenvalue weighted by atomic mass is 16.5. The van der Waals surface area contributed by atoms with E-state index in [4.69, 9.17) is 4.74 Å². The molecule has 14 heavy (non-hydrogen) atoms. The van der Waals surface area contributed by atoms with E-state index in [1.165, 1.54) is 44.9 Å². The molecule has 0 radical (unpaired) electrons. The fourth-order valence-corrected chi connectivity index (χ4v) is 2.08. The van der Waals surface area contributed by atoms with Gasteiger partial charge in [-0.05, 0) is 38.6 Å². The number of nitrogens with one attached hydrogen (secondary N) is 1. The highest BCUT2D eigenvalue weighted by Gasteiger charge is 2.29. The summed E-state index contributed by atoms with van der Waals surface area (Å²) in [5, 5.41) is 3.44. The van der Waals surface area contributed by atoms with E-state index >= 15 is 0 Å². The SMILES string of the molecule is CNC(CCCCCCOC)C1CC1. The zero-order valence-electron chi connectivity index (χ0n) is 9.72. The molecule has 1 rings (SSSR count). The predicted molar refractivity (Wildman–Crippen MR) is 60.5 cm³/mol. The molecule has 1 fully saturated rings. The van der Waals surface area contributed by atoms with Crippen molar-refractivity contribution in [2.24, 2.45) is 5.92 Å². The highest BCUT2D eigenvalue weighted by Crippen LogP contribution is 2.34. The molecular formula is C12H25NO. The lowest BCUT2D eigenvalue weighted by Gasteiger charge is -2.14. The Labute approximate surface area is 88.4 Å². The average molecular weight is 199 g/mol. The Hall–Kier alpha value is -0.0800. The topological polar surface area (TPSA) is 21.3 Å². The molecule has 0 spiro atoms. The first-order valence-corrected chi connectivity index (χ1v) is 6.04. The van der Waals surface area contributed by atoms with Crippen molar-refractivity contribution in [1.29, 1.82) is 0 Å². The Kier molecular flexibility index (Phi) is 6.20. The van der Waals surface area contributed by atoms with E-state index < -0.39 is 0 Å². The minimum Gasteiger partial charge on any atom is -0.385 e. The molecule has 0 saturated heterocycles. The molecule has 0 heterocycles. The van der Waals surface area contributed by atoms with Crippen LogP contribution < -0.4 is 5.32 Å². The Morgan fingerprint density at radius 1 is 1.21 bits per heavy atom. The maximum absolute atomic E-state index is 5.03. The van der Waals surface area contributed by atoms with Crippen LogP contribution in [0.1, 0.15) is 44.9 Å². The number of ether oxygens (including phenoxy) is 1. The fourth-order valence-electron chi connectivity index (χ4n) is 2.08. The Balaban J connectivity index is 1.86. The van der Waals surface area contributed by atoms with Crippen molar-refractivity contribution in [3.05, 3.63) is 0 Å². The molecule has 1 saturated carbocycles.